The first kappa shape index (κ1) is 14.2. The lowest BCUT2D eigenvalue weighted by molar-refractivity contribution is -0.363. The highest BCUT2D eigenvalue weighted by atomic mass is 19.2. The Morgan fingerprint density at radius 3 is 2.61 bits per heavy atom. The molecule has 2 aromatic rings. The Bertz CT molecular complexity index is 933. The summed E-state index contributed by atoms with van der Waals surface area (Å²) in [5, 5.41) is 0. The number of allylic oxidation sites excluding steroid dienone is 2. The number of oxazole rings is 1. The monoisotopic (exact) mass is 315 g/mol. The van der Waals surface area contributed by atoms with E-state index < -0.39 is 6.97 Å². The number of hydrogen-bond acceptors (Lipinski definition) is 2. The van der Waals surface area contributed by atoms with Crippen molar-refractivity contribution in [3.63, 3.8) is 0 Å². The van der Waals surface area contributed by atoms with Crippen LogP contribution in [0.5, 0.6) is 0 Å². The number of hydrogen-bond donors (Lipinski definition) is 0. The molecule has 4 rings (SSSR count). The summed E-state index contributed by atoms with van der Waals surface area (Å²) < 4.78 is 38.0. The first-order chi connectivity index (χ1) is 10.8. The maximum absolute atomic E-state index is 15.3. The molecule has 23 heavy (non-hydrogen) atoms. The lowest BCUT2D eigenvalue weighted by Crippen LogP contribution is -2.51. The summed E-state index contributed by atoms with van der Waals surface area (Å²) in [4.78, 5) is 4.22. The zero-order valence-electron chi connectivity index (χ0n) is 13.4. The Hall–Kier alpha value is -2.44. The zero-order chi connectivity index (χ0) is 16.5. The highest BCUT2D eigenvalue weighted by Crippen LogP contribution is 2.43. The molecule has 2 aliphatic rings. The van der Waals surface area contributed by atoms with E-state index in [1.807, 2.05) is 13.8 Å². The number of halogens is 2. The predicted molar refractivity (Wildman–Crippen MR) is 84.5 cm³/mol. The summed E-state index contributed by atoms with van der Waals surface area (Å²) in [6.45, 7) is 3.20. The van der Waals surface area contributed by atoms with Gasteiger partial charge >= 0.3 is 6.97 Å². The van der Waals surface area contributed by atoms with E-state index in [1.54, 1.807) is 26.0 Å². The Labute approximate surface area is 132 Å². The largest absolute Gasteiger partial charge is 0.737 e. The van der Waals surface area contributed by atoms with Gasteiger partial charge in [0.25, 0.3) is 0 Å². The van der Waals surface area contributed by atoms with Gasteiger partial charge in [-0.1, -0.05) is 0 Å². The molecule has 0 aliphatic carbocycles. The minimum atomic E-state index is -3.93. The van der Waals surface area contributed by atoms with Gasteiger partial charge in [-0.3, -0.25) is 0 Å². The van der Waals surface area contributed by atoms with Gasteiger partial charge in [0.1, 0.15) is 17.7 Å². The third-order valence-corrected chi connectivity index (χ3v) is 4.62. The van der Waals surface area contributed by atoms with Crippen molar-refractivity contribution in [2.45, 2.75) is 27.7 Å². The van der Waals surface area contributed by atoms with E-state index in [9.17, 15) is 0 Å². The minimum Gasteiger partial charge on any atom is -0.451 e. The van der Waals surface area contributed by atoms with Crippen LogP contribution < -0.4 is 0 Å². The summed E-state index contributed by atoms with van der Waals surface area (Å²) in [7, 11) is 0. The van der Waals surface area contributed by atoms with Crippen LogP contribution in [-0.4, -0.2) is 26.6 Å². The molecule has 0 unspecified atom stereocenters. The first-order valence-corrected chi connectivity index (χ1v) is 7.49. The fraction of sp³-hybridized carbons (Fsp3) is 0.250. The van der Waals surface area contributed by atoms with Gasteiger partial charge < -0.3 is 22.0 Å². The summed E-state index contributed by atoms with van der Waals surface area (Å²) in [5.41, 5.74) is 5.02. The zero-order valence-corrected chi connectivity index (χ0v) is 13.4. The van der Waals surface area contributed by atoms with E-state index in [2.05, 4.69) is 4.98 Å². The van der Waals surface area contributed by atoms with Crippen LogP contribution in [0.3, 0.4) is 0 Å². The molecule has 4 nitrogen and oxygen atoms in total. The molecule has 0 fully saturated rings. The van der Waals surface area contributed by atoms with E-state index in [1.165, 1.54) is 12.7 Å². The molecule has 2 aromatic heterocycles. The van der Waals surface area contributed by atoms with E-state index in [4.69, 9.17) is 4.42 Å². The van der Waals surface area contributed by atoms with Gasteiger partial charge in [0.2, 0.25) is 0 Å². The van der Waals surface area contributed by atoms with Gasteiger partial charge in [-0.25, -0.2) is 4.98 Å². The quantitative estimate of drug-likeness (QED) is 0.755. The Kier molecular flexibility index (Phi) is 2.66. The first-order valence-electron chi connectivity index (χ1n) is 7.49. The second-order valence-electron chi connectivity index (χ2n) is 6.21. The molecule has 2 aliphatic heterocycles. The lowest BCUT2D eigenvalue weighted by atomic mass is 9.85. The molecule has 4 heterocycles. The number of aryl methyl sites for hydroxylation is 2. The van der Waals surface area contributed by atoms with Gasteiger partial charge in [0.15, 0.2) is 12.1 Å². The van der Waals surface area contributed by atoms with Crippen molar-refractivity contribution in [2.24, 2.45) is 0 Å². The maximum atomic E-state index is 15.3. The summed E-state index contributed by atoms with van der Waals surface area (Å²) >= 11 is 0. The van der Waals surface area contributed by atoms with Crippen LogP contribution in [0.4, 0.5) is 8.63 Å². The molecule has 0 bridgehead atoms. The molecule has 0 saturated carbocycles. The van der Waals surface area contributed by atoms with Gasteiger partial charge in [-0.15, -0.1) is 0 Å². The Morgan fingerprint density at radius 2 is 1.96 bits per heavy atom. The fourth-order valence-corrected chi connectivity index (χ4v) is 3.88. The van der Waals surface area contributed by atoms with Crippen LogP contribution >= 0.6 is 0 Å². The van der Waals surface area contributed by atoms with E-state index >= 15 is 8.63 Å². The molecule has 0 spiro atoms. The van der Waals surface area contributed by atoms with Crippen LogP contribution in [0.25, 0.3) is 5.57 Å². The highest BCUT2D eigenvalue weighted by molar-refractivity contribution is 6.58. The van der Waals surface area contributed by atoms with Gasteiger partial charge in [0, 0.05) is 24.3 Å². The van der Waals surface area contributed by atoms with Crippen LogP contribution in [0, 0.1) is 13.8 Å². The molecule has 0 atom stereocenters. The van der Waals surface area contributed by atoms with Crippen molar-refractivity contribution in [1.29, 1.82) is 0 Å². The summed E-state index contributed by atoms with van der Waals surface area (Å²) in [6, 6.07) is 1.79. The van der Waals surface area contributed by atoms with E-state index in [0.717, 1.165) is 20.1 Å². The molecular weight excluding hydrogens is 299 g/mol. The third-order valence-electron chi connectivity index (χ3n) is 4.62. The summed E-state index contributed by atoms with van der Waals surface area (Å²) in [5.74, 6) is 0. The van der Waals surface area contributed by atoms with Gasteiger partial charge in [0.05, 0.1) is 5.57 Å². The van der Waals surface area contributed by atoms with E-state index in [0.29, 0.717) is 34.1 Å². The normalized spacial score (nSPS) is 19.1. The highest BCUT2D eigenvalue weighted by Gasteiger charge is 2.55. The topological polar surface area (TPSA) is 34.0 Å². The summed E-state index contributed by atoms with van der Waals surface area (Å²) in [6.07, 6.45) is 4.62. The lowest BCUT2D eigenvalue weighted by Gasteiger charge is -2.33. The van der Waals surface area contributed by atoms with Crippen molar-refractivity contribution in [2.75, 3.05) is 0 Å². The standard InChI is InChI=1S/C16H16BF2N3O/c1-9-5-11(3)21-15(9)14(13-7-23-8-20-13)16-10(2)6-12(4)22(16)17(21,18)19/h5-8H,1-4H3. The number of nitrogens with zero attached hydrogens (tertiary/aromatic N) is 3. The van der Waals surface area contributed by atoms with Crippen molar-refractivity contribution < 1.29 is 17.5 Å². The Balaban J connectivity index is 2.20. The number of rotatable bonds is 1. The fourth-order valence-electron chi connectivity index (χ4n) is 3.88. The van der Waals surface area contributed by atoms with Crippen LogP contribution in [0.1, 0.15) is 36.5 Å². The molecule has 0 saturated heterocycles. The third kappa shape index (κ3) is 1.65. The number of aromatic nitrogens is 2. The van der Waals surface area contributed by atoms with Crippen molar-refractivity contribution in [3.05, 3.63) is 58.7 Å². The van der Waals surface area contributed by atoms with Crippen molar-refractivity contribution >= 4 is 18.3 Å². The molecule has 118 valence electrons. The average molecular weight is 315 g/mol. The predicted octanol–water partition coefficient (Wildman–Crippen LogP) is 3.52. The van der Waals surface area contributed by atoms with Gasteiger partial charge in [-0.2, -0.15) is 0 Å². The molecule has 0 N–H and O–H groups in total. The molecule has 0 amide bonds. The Morgan fingerprint density at radius 1 is 1.22 bits per heavy atom. The molecule has 0 radical (unpaired) electrons. The van der Waals surface area contributed by atoms with Crippen LogP contribution in [0.2, 0.25) is 0 Å². The molecule has 0 aromatic carbocycles. The second-order valence-corrected chi connectivity index (χ2v) is 6.21. The number of fused-ring (bicyclic) bond motifs is 2. The van der Waals surface area contributed by atoms with E-state index in [-0.39, 0.29) is 0 Å². The van der Waals surface area contributed by atoms with Crippen LogP contribution in [-0.2, 0) is 0 Å². The van der Waals surface area contributed by atoms with Crippen molar-refractivity contribution in [1.82, 2.24) is 9.46 Å². The van der Waals surface area contributed by atoms with Crippen LogP contribution in [0.15, 0.2) is 40.5 Å². The average Bonchev–Trinajstić information content (AvgIpc) is 3.12. The van der Waals surface area contributed by atoms with Gasteiger partial charge in [-0.05, 0) is 38.1 Å². The molecular formula is C16H16BF2N3O. The second kappa shape index (κ2) is 4.31. The minimum absolute atomic E-state index is 0.523. The van der Waals surface area contributed by atoms with Crippen molar-refractivity contribution in [3.8, 4) is 0 Å². The SMILES string of the molecule is CC1=CC(C)=[N+]2C1=C(c1cocn1)c1c(C)cc(C)n1[B-]2(F)F. The maximum Gasteiger partial charge on any atom is 0.737 e. The smallest absolute Gasteiger partial charge is 0.451 e. The molecule has 7 heteroatoms.